The molecule has 3 nitrogen and oxygen atoms in total. The van der Waals surface area contributed by atoms with Crippen LogP contribution >= 0.6 is 23.4 Å². The minimum absolute atomic E-state index is 0.0314. The van der Waals surface area contributed by atoms with E-state index in [9.17, 15) is 4.79 Å². The Morgan fingerprint density at radius 1 is 1.18 bits per heavy atom. The summed E-state index contributed by atoms with van der Waals surface area (Å²) in [6.45, 7) is 0.950. The highest BCUT2D eigenvalue weighted by atomic mass is 35.5. The lowest BCUT2D eigenvalue weighted by molar-refractivity contribution is -0.117. The number of benzene rings is 2. The normalized spacial score (nSPS) is 10.7. The quantitative estimate of drug-likeness (QED) is 0.806. The van der Waals surface area contributed by atoms with Gasteiger partial charge in [0.15, 0.2) is 0 Å². The predicted molar refractivity (Wildman–Crippen MR) is 94.6 cm³/mol. The second-order valence-corrected chi connectivity index (χ2v) is 6.27. The zero-order chi connectivity index (χ0) is 15.9. The largest absolute Gasteiger partial charge is 0.324 e. The van der Waals surface area contributed by atoms with Crippen LogP contribution in [0, 0.1) is 0 Å². The van der Waals surface area contributed by atoms with E-state index in [2.05, 4.69) is 5.32 Å². The number of carbonyl (C=O) groups is 1. The van der Waals surface area contributed by atoms with Crippen molar-refractivity contribution in [2.24, 2.45) is 0 Å². The lowest BCUT2D eigenvalue weighted by atomic mass is 10.2. The molecule has 5 heteroatoms. The van der Waals surface area contributed by atoms with Crippen LogP contribution in [0.5, 0.6) is 0 Å². The van der Waals surface area contributed by atoms with E-state index >= 15 is 0 Å². The number of halogens is 1. The first-order valence-electron chi connectivity index (χ1n) is 6.95. The molecule has 0 spiro atoms. The standard InChI is InChI=1S/C17H19ClN2OS/c1-20(11-13-7-3-4-8-14(13)18)12-17(21)19-15-9-5-6-10-16(15)22-2/h3-10H,11-12H2,1-2H3,(H,19,21). The van der Waals surface area contributed by atoms with Gasteiger partial charge in [0.05, 0.1) is 12.2 Å². The molecular formula is C17H19ClN2OS. The van der Waals surface area contributed by atoms with Gasteiger partial charge in [0, 0.05) is 16.5 Å². The fraction of sp³-hybridized carbons (Fsp3) is 0.235. The molecule has 0 aliphatic rings. The maximum Gasteiger partial charge on any atom is 0.238 e. The highest BCUT2D eigenvalue weighted by Gasteiger charge is 2.10. The van der Waals surface area contributed by atoms with Crippen LogP contribution in [0.4, 0.5) is 5.69 Å². The molecule has 0 heterocycles. The number of nitrogens with one attached hydrogen (secondary N) is 1. The Labute approximate surface area is 140 Å². The van der Waals surface area contributed by atoms with Gasteiger partial charge in [-0.15, -0.1) is 11.8 Å². The first kappa shape index (κ1) is 16.9. The molecular weight excluding hydrogens is 316 g/mol. The van der Waals surface area contributed by atoms with E-state index in [0.29, 0.717) is 13.1 Å². The number of para-hydroxylation sites is 1. The third kappa shape index (κ3) is 4.77. The second kappa shape index (κ2) is 8.22. The lowest BCUT2D eigenvalue weighted by Gasteiger charge is -2.17. The van der Waals surface area contributed by atoms with Crippen molar-refractivity contribution >= 4 is 35.0 Å². The summed E-state index contributed by atoms with van der Waals surface area (Å²) in [5.74, 6) is -0.0314. The fourth-order valence-corrected chi connectivity index (χ4v) is 2.91. The summed E-state index contributed by atoms with van der Waals surface area (Å²) in [5.41, 5.74) is 1.87. The number of likely N-dealkylation sites (N-methyl/N-ethyl adjacent to an activating group) is 1. The van der Waals surface area contributed by atoms with Crippen LogP contribution in [0.3, 0.4) is 0 Å². The minimum Gasteiger partial charge on any atom is -0.324 e. The molecule has 0 saturated carbocycles. The van der Waals surface area contributed by atoms with Crippen molar-refractivity contribution in [1.82, 2.24) is 4.90 Å². The van der Waals surface area contributed by atoms with Crippen LogP contribution < -0.4 is 5.32 Å². The molecule has 0 aromatic heterocycles. The Bertz CT molecular complexity index is 648. The van der Waals surface area contributed by atoms with Gasteiger partial charge < -0.3 is 5.32 Å². The number of amides is 1. The van der Waals surface area contributed by atoms with Gasteiger partial charge in [-0.05, 0) is 37.1 Å². The van der Waals surface area contributed by atoms with Crippen LogP contribution in [-0.2, 0) is 11.3 Å². The van der Waals surface area contributed by atoms with Gasteiger partial charge in [-0.3, -0.25) is 9.69 Å². The van der Waals surface area contributed by atoms with Crippen molar-refractivity contribution < 1.29 is 4.79 Å². The molecule has 2 aromatic rings. The first-order valence-corrected chi connectivity index (χ1v) is 8.55. The smallest absolute Gasteiger partial charge is 0.238 e. The number of thioether (sulfide) groups is 1. The van der Waals surface area contributed by atoms with Gasteiger partial charge in [-0.2, -0.15) is 0 Å². The third-order valence-corrected chi connectivity index (χ3v) is 4.36. The zero-order valence-electron chi connectivity index (χ0n) is 12.7. The van der Waals surface area contributed by atoms with Crippen molar-refractivity contribution in [3.05, 3.63) is 59.1 Å². The van der Waals surface area contributed by atoms with Crippen molar-refractivity contribution in [3.8, 4) is 0 Å². The van der Waals surface area contributed by atoms with Crippen molar-refractivity contribution in [3.63, 3.8) is 0 Å². The highest BCUT2D eigenvalue weighted by Crippen LogP contribution is 2.24. The summed E-state index contributed by atoms with van der Waals surface area (Å²) in [4.78, 5) is 15.2. The van der Waals surface area contributed by atoms with Crippen molar-refractivity contribution in [1.29, 1.82) is 0 Å². The van der Waals surface area contributed by atoms with Crippen LogP contribution in [0.1, 0.15) is 5.56 Å². The Morgan fingerprint density at radius 3 is 2.59 bits per heavy atom. The number of carbonyl (C=O) groups excluding carboxylic acids is 1. The number of hydrogen-bond donors (Lipinski definition) is 1. The monoisotopic (exact) mass is 334 g/mol. The average molecular weight is 335 g/mol. The second-order valence-electron chi connectivity index (χ2n) is 5.01. The summed E-state index contributed by atoms with van der Waals surface area (Å²) in [7, 11) is 1.91. The summed E-state index contributed by atoms with van der Waals surface area (Å²) in [6.07, 6.45) is 1.99. The van der Waals surface area contributed by atoms with Crippen LogP contribution in [-0.4, -0.2) is 30.7 Å². The van der Waals surface area contributed by atoms with Crippen molar-refractivity contribution in [2.45, 2.75) is 11.4 Å². The SMILES string of the molecule is CSc1ccccc1NC(=O)CN(C)Cc1ccccc1Cl. The van der Waals surface area contributed by atoms with Crippen LogP contribution in [0.2, 0.25) is 5.02 Å². The van der Waals surface area contributed by atoms with E-state index in [0.717, 1.165) is 21.2 Å². The average Bonchev–Trinajstić information content (AvgIpc) is 2.50. The number of rotatable bonds is 6. The van der Waals surface area contributed by atoms with E-state index in [1.54, 1.807) is 11.8 Å². The molecule has 0 fully saturated rings. The van der Waals surface area contributed by atoms with E-state index in [-0.39, 0.29) is 5.91 Å². The lowest BCUT2D eigenvalue weighted by Crippen LogP contribution is -2.30. The molecule has 0 aliphatic carbocycles. The fourth-order valence-electron chi connectivity index (χ4n) is 2.16. The molecule has 116 valence electrons. The molecule has 22 heavy (non-hydrogen) atoms. The summed E-state index contributed by atoms with van der Waals surface area (Å²) < 4.78 is 0. The predicted octanol–water partition coefficient (Wildman–Crippen LogP) is 4.13. The Hall–Kier alpha value is -1.49. The molecule has 2 aromatic carbocycles. The molecule has 0 unspecified atom stereocenters. The van der Waals surface area contributed by atoms with E-state index < -0.39 is 0 Å². The summed E-state index contributed by atoms with van der Waals surface area (Å²) in [6, 6.07) is 15.5. The minimum atomic E-state index is -0.0314. The molecule has 0 aliphatic heterocycles. The highest BCUT2D eigenvalue weighted by molar-refractivity contribution is 7.98. The number of nitrogens with zero attached hydrogens (tertiary/aromatic N) is 1. The maximum absolute atomic E-state index is 12.2. The van der Waals surface area contributed by atoms with Gasteiger partial charge in [-0.1, -0.05) is 41.9 Å². The first-order chi connectivity index (χ1) is 10.6. The summed E-state index contributed by atoms with van der Waals surface area (Å²) in [5, 5.41) is 3.68. The Morgan fingerprint density at radius 2 is 1.86 bits per heavy atom. The Kier molecular flexibility index (Phi) is 6.31. The third-order valence-electron chi connectivity index (χ3n) is 3.19. The molecule has 2 rings (SSSR count). The molecule has 0 atom stereocenters. The molecule has 0 saturated heterocycles. The van der Waals surface area contributed by atoms with E-state index in [1.165, 1.54) is 0 Å². The molecule has 1 N–H and O–H groups in total. The number of hydrogen-bond acceptors (Lipinski definition) is 3. The van der Waals surface area contributed by atoms with Gasteiger partial charge in [0.2, 0.25) is 5.91 Å². The molecule has 0 bridgehead atoms. The molecule has 0 radical (unpaired) electrons. The number of anilines is 1. The topological polar surface area (TPSA) is 32.3 Å². The van der Waals surface area contributed by atoms with Crippen LogP contribution in [0.25, 0.3) is 0 Å². The van der Waals surface area contributed by atoms with Gasteiger partial charge in [-0.25, -0.2) is 0 Å². The van der Waals surface area contributed by atoms with Gasteiger partial charge in [0.25, 0.3) is 0 Å². The zero-order valence-corrected chi connectivity index (χ0v) is 14.2. The summed E-state index contributed by atoms with van der Waals surface area (Å²) >= 11 is 7.76. The maximum atomic E-state index is 12.2. The van der Waals surface area contributed by atoms with Gasteiger partial charge >= 0.3 is 0 Å². The van der Waals surface area contributed by atoms with E-state index in [1.807, 2.05) is 66.7 Å². The molecule has 1 amide bonds. The van der Waals surface area contributed by atoms with Crippen LogP contribution in [0.15, 0.2) is 53.4 Å². The van der Waals surface area contributed by atoms with Gasteiger partial charge in [0.1, 0.15) is 0 Å². The van der Waals surface area contributed by atoms with E-state index in [4.69, 9.17) is 11.6 Å². The van der Waals surface area contributed by atoms with Crippen molar-refractivity contribution in [2.75, 3.05) is 25.2 Å². The Balaban J connectivity index is 1.93.